The molecule has 3 aliphatic rings. The second-order valence-corrected chi connectivity index (χ2v) is 8.02. The third kappa shape index (κ3) is 4.23. The minimum atomic E-state index is -1.70. The van der Waals surface area contributed by atoms with Crippen molar-refractivity contribution in [3.63, 3.8) is 0 Å². The molecule has 27 heavy (non-hydrogen) atoms. The molecular formula is C21H28O6. The normalized spacial score (nSPS) is 41.9. The molecule has 0 amide bonds. The minimum Gasteiger partial charge on any atom is -0.457 e. The number of carbonyl (C=O) groups is 2. The van der Waals surface area contributed by atoms with E-state index in [-0.39, 0.29) is 36.8 Å². The Kier molecular flexibility index (Phi) is 5.43. The van der Waals surface area contributed by atoms with Gasteiger partial charge in [-0.15, -0.1) is 0 Å². The van der Waals surface area contributed by atoms with E-state index in [1.807, 2.05) is 13.8 Å². The molecule has 0 aliphatic carbocycles. The monoisotopic (exact) mass is 376 g/mol. The van der Waals surface area contributed by atoms with Crippen molar-refractivity contribution in [1.82, 2.24) is 0 Å². The predicted octanol–water partition coefficient (Wildman–Crippen LogP) is 2.47. The van der Waals surface area contributed by atoms with E-state index in [1.54, 1.807) is 13.0 Å². The van der Waals surface area contributed by atoms with Gasteiger partial charge < -0.3 is 19.3 Å². The van der Waals surface area contributed by atoms with Crippen molar-refractivity contribution in [2.45, 2.75) is 70.2 Å². The summed E-state index contributed by atoms with van der Waals surface area (Å²) in [6, 6.07) is 0. The van der Waals surface area contributed by atoms with Crippen LogP contribution in [0, 0.1) is 11.8 Å². The zero-order valence-electron chi connectivity index (χ0n) is 16.1. The number of aliphatic hydroxyl groups is 1. The number of esters is 1. The number of hydrogen-bond acceptors (Lipinski definition) is 6. The topological polar surface area (TPSA) is 85.4 Å². The quantitative estimate of drug-likeness (QED) is 0.453. The van der Waals surface area contributed by atoms with Crippen LogP contribution in [0.25, 0.3) is 0 Å². The number of carbonyl (C=O) groups excluding carboxylic acids is 2. The molecule has 3 heterocycles. The van der Waals surface area contributed by atoms with Crippen LogP contribution in [0.4, 0.5) is 0 Å². The number of rotatable bonds is 2. The first-order valence-corrected chi connectivity index (χ1v) is 9.40. The molecule has 2 saturated heterocycles. The van der Waals surface area contributed by atoms with Gasteiger partial charge in [0.2, 0.25) is 0 Å². The van der Waals surface area contributed by atoms with Crippen molar-refractivity contribution in [3.05, 3.63) is 36.5 Å². The van der Waals surface area contributed by atoms with Gasteiger partial charge >= 0.3 is 5.97 Å². The molecule has 0 spiro atoms. The van der Waals surface area contributed by atoms with E-state index in [2.05, 4.69) is 13.2 Å². The van der Waals surface area contributed by atoms with Crippen LogP contribution in [0.3, 0.4) is 0 Å². The van der Waals surface area contributed by atoms with Gasteiger partial charge in [0.05, 0.1) is 12.2 Å². The van der Waals surface area contributed by atoms with Crippen molar-refractivity contribution in [2.24, 2.45) is 11.8 Å². The predicted molar refractivity (Wildman–Crippen MR) is 98.6 cm³/mol. The van der Waals surface area contributed by atoms with Crippen molar-refractivity contribution < 1.29 is 28.9 Å². The lowest BCUT2D eigenvalue weighted by Gasteiger charge is -2.42. The maximum absolute atomic E-state index is 12.6. The second-order valence-electron chi connectivity index (χ2n) is 8.02. The number of ether oxygens (including phenoxy) is 3. The summed E-state index contributed by atoms with van der Waals surface area (Å²) in [5, 5.41) is 11.0. The average Bonchev–Trinajstić information content (AvgIpc) is 3.33. The summed E-state index contributed by atoms with van der Waals surface area (Å²) in [5.41, 5.74) is 1.62. The smallest absolute Gasteiger partial charge is 0.311 e. The molecule has 148 valence electrons. The van der Waals surface area contributed by atoms with Gasteiger partial charge in [0, 0.05) is 18.3 Å². The van der Waals surface area contributed by atoms with Crippen LogP contribution in [0.1, 0.15) is 40.0 Å². The molecule has 0 saturated carbocycles. The summed E-state index contributed by atoms with van der Waals surface area (Å²) in [4.78, 5) is 24.8. The molecule has 0 radical (unpaired) electrons. The Morgan fingerprint density at radius 2 is 2.04 bits per heavy atom. The van der Waals surface area contributed by atoms with Crippen LogP contribution in [0.2, 0.25) is 0 Å². The molecule has 3 aliphatic heterocycles. The molecule has 0 aromatic heterocycles. The van der Waals surface area contributed by atoms with E-state index >= 15 is 0 Å². The third-order valence-corrected chi connectivity index (χ3v) is 5.91. The lowest BCUT2D eigenvalue weighted by molar-refractivity contribution is -0.271. The summed E-state index contributed by atoms with van der Waals surface area (Å²) in [7, 11) is 0. The first-order chi connectivity index (χ1) is 12.6. The van der Waals surface area contributed by atoms with Crippen LogP contribution in [-0.2, 0) is 23.8 Å². The number of allylic oxidation sites excluding steroid dienone is 1. The molecule has 0 aromatic carbocycles. The Morgan fingerprint density at radius 3 is 2.70 bits per heavy atom. The molecule has 6 heteroatoms. The minimum absolute atomic E-state index is 0.102. The second kappa shape index (κ2) is 7.34. The van der Waals surface area contributed by atoms with Crippen molar-refractivity contribution in [2.75, 3.05) is 0 Å². The molecule has 1 N–H and O–H groups in total. The van der Waals surface area contributed by atoms with Gasteiger partial charge in [-0.2, -0.15) is 0 Å². The van der Waals surface area contributed by atoms with Gasteiger partial charge in [0.1, 0.15) is 18.6 Å². The lowest BCUT2D eigenvalue weighted by Crippen LogP contribution is -2.51. The zero-order valence-corrected chi connectivity index (χ0v) is 16.1. The number of hydrogen-bond donors (Lipinski definition) is 1. The summed E-state index contributed by atoms with van der Waals surface area (Å²) < 4.78 is 17.1. The largest absolute Gasteiger partial charge is 0.457 e. The zero-order chi connectivity index (χ0) is 19.9. The standard InChI is InChI=1S/C21H28O6/c1-11(2)13(4)16-7-6-15(22)9-17-20(26-17)18-8-12(3)14(5)21(24,27-18)10-19(23)25-16/h6-7,13-14,16-18,20,24H,1,3,8-10H2,2,4-5H3/b7-6+/t13-,14-,16+,17-,18+,20-,21+/m1/s1. The number of cyclic esters (lactones) is 1. The SMILES string of the molecule is C=C(C)[C@@H](C)[C@@H]1/C=C/C(=O)C[C@H]2O[C@H]2[C@@H]2CC(=C)[C@@H](C)[C@](O)(CC(=O)O1)O2. The summed E-state index contributed by atoms with van der Waals surface area (Å²) in [6.45, 7) is 13.4. The van der Waals surface area contributed by atoms with Gasteiger partial charge in [-0.25, -0.2) is 0 Å². The highest BCUT2D eigenvalue weighted by Gasteiger charge is 2.54. The van der Waals surface area contributed by atoms with Crippen LogP contribution < -0.4 is 0 Å². The van der Waals surface area contributed by atoms with Crippen molar-refractivity contribution >= 4 is 11.8 Å². The van der Waals surface area contributed by atoms with Gasteiger partial charge in [0.15, 0.2) is 11.6 Å². The molecule has 6 nitrogen and oxygen atoms in total. The molecule has 3 rings (SSSR count). The van der Waals surface area contributed by atoms with E-state index < -0.39 is 29.9 Å². The fourth-order valence-corrected chi connectivity index (χ4v) is 3.64. The fourth-order valence-electron chi connectivity index (χ4n) is 3.64. The van der Waals surface area contributed by atoms with Gasteiger partial charge in [-0.05, 0) is 25.5 Å². The first kappa shape index (κ1) is 20.0. The average molecular weight is 376 g/mol. The van der Waals surface area contributed by atoms with Gasteiger partial charge in [-0.3, -0.25) is 9.59 Å². The van der Waals surface area contributed by atoms with Crippen LogP contribution in [-0.4, -0.2) is 47.1 Å². The number of fused-ring (bicyclic) bond motifs is 4. The van der Waals surface area contributed by atoms with E-state index in [9.17, 15) is 14.7 Å². The summed E-state index contributed by atoms with van der Waals surface area (Å²) in [6.07, 6.45) is 1.87. The lowest BCUT2D eigenvalue weighted by atomic mass is 9.83. The first-order valence-electron chi connectivity index (χ1n) is 9.40. The van der Waals surface area contributed by atoms with Crippen LogP contribution >= 0.6 is 0 Å². The van der Waals surface area contributed by atoms with Gasteiger partial charge in [-0.1, -0.05) is 38.2 Å². The van der Waals surface area contributed by atoms with E-state index in [1.165, 1.54) is 6.08 Å². The molecule has 2 fully saturated rings. The Hall–Kier alpha value is -1.76. The Balaban J connectivity index is 1.89. The summed E-state index contributed by atoms with van der Waals surface area (Å²) >= 11 is 0. The van der Waals surface area contributed by atoms with Crippen molar-refractivity contribution in [1.29, 1.82) is 0 Å². The van der Waals surface area contributed by atoms with Gasteiger partial charge in [0.25, 0.3) is 0 Å². The fraction of sp³-hybridized carbons (Fsp3) is 0.619. The third-order valence-electron chi connectivity index (χ3n) is 5.91. The Bertz CT molecular complexity index is 695. The number of ketones is 1. The van der Waals surface area contributed by atoms with Crippen LogP contribution in [0.5, 0.6) is 0 Å². The van der Waals surface area contributed by atoms with E-state index in [0.717, 1.165) is 11.1 Å². The van der Waals surface area contributed by atoms with Crippen molar-refractivity contribution in [3.8, 4) is 0 Å². The molecule has 2 bridgehead atoms. The van der Waals surface area contributed by atoms with Crippen LogP contribution in [0.15, 0.2) is 36.5 Å². The number of epoxide rings is 1. The van der Waals surface area contributed by atoms with E-state index in [4.69, 9.17) is 14.2 Å². The maximum atomic E-state index is 12.6. The Labute approximate surface area is 159 Å². The highest BCUT2D eigenvalue weighted by atomic mass is 16.7. The Morgan fingerprint density at radius 1 is 1.33 bits per heavy atom. The highest BCUT2D eigenvalue weighted by Crippen LogP contribution is 2.44. The highest BCUT2D eigenvalue weighted by molar-refractivity contribution is 5.90. The maximum Gasteiger partial charge on any atom is 0.311 e. The molecule has 7 atom stereocenters. The molecule has 0 aromatic rings. The van der Waals surface area contributed by atoms with E-state index in [0.29, 0.717) is 6.42 Å². The molecular weight excluding hydrogens is 348 g/mol. The summed E-state index contributed by atoms with van der Waals surface area (Å²) in [5.74, 6) is -2.99. The molecule has 0 unspecified atom stereocenters.